The van der Waals surface area contributed by atoms with Gasteiger partial charge in [0.15, 0.2) is 17.5 Å². The number of ether oxygens (including phenoxy) is 2. The summed E-state index contributed by atoms with van der Waals surface area (Å²) >= 11 is 0. The van der Waals surface area contributed by atoms with Crippen molar-refractivity contribution in [2.24, 2.45) is 32.1 Å². The molecule has 5 N–H and O–H groups in total. The van der Waals surface area contributed by atoms with Crippen LogP contribution in [0.2, 0.25) is 0 Å². The maximum absolute atomic E-state index is 13.5. The molecule has 2 aromatic carbocycles. The van der Waals surface area contributed by atoms with Crippen LogP contribution in [0.4, 0.5) is 13.2 Å². The van der Waals surface area contributed by atoms with Crippen molar-refractivity contribution in [3.8, 4) is 11.5 Å². The molecule has 4 rings (SSSR count). The fourth-order valence-corrected chi connectivity index (χ4v) is 5.27. The van der Waals surface area contributed by atoms with Gasteiger partial charge >= 0.3 is 12.1 Å². The summed E-state index contributed by atoms with van der Waals surface area (Å²) in [6.45, 7) is 2.37. The molecular formula is C32H40F3N7O6. The minimum atomic E-state index is -5.08. The molecule has 2 aliphatic rings. The maximum atomic E-state index is 13.5. The summed E-state index contributed by atoms with van der Waals surface area (Å²) in [6.07, 6.45) is 1.17. The van der Waals surface area contributed by atoms with E-state index in [2.05, 4.69) is 31.1 Å². The number of carboxylic acids is 1. The first-order valence-corrected chi connectivity index (χ1v) is 15.3. The third-order valence-corrected chi connectivity index (χ3v) is 7.73. The Labute approximate surface area is 275 Å². The lowest BCUT2D eigenvalue weighted by Crippen LogP contribution is -2.42. The van der Waals surface area contributed by atoms with Crippen LogP contribution in [0.25, 0.3) is 0 Å². The first-order valence-electron chi connectivity index (χ1n) is 15.3. The Hall–Kier alpha value is -5.02. The van der Waals surface area contributed by atoms with E-state index in [1.807, 2.05) is 31.2 Å². The summed E-state index contributed by atoms with van der Waals surface area (Å²) in [5.41, 5.74) is 9.54. The normalized spacial score (nSPS) is 16.1. The van der Waals surface area contributed by atoms with Gasteiger partial charge in [-0.2, -0.15) is 18.3 Å². The molecule has 0 radical (unpaired) electrons. The summed E-state index contributed by atoms with van der Waals surface area (Å²) in [5, 5.41) is 24.6. The molecule has 2 aromatic rings. The van der Waals surface area contributed by atoms with Gasteiger partial charge in [-0.25, -0.2) is 9.79 Å². The van der Waals surface area contributed by atoms with Crippen LogP contribution in [0.15, 0.2) is 62.9 Å². The number of nitrogens with one attached hydrogen (secondary N) is 2. The van der Waals surface area contributed by atoms with Crippen molar-refractivity contribution >= 4 is 29.5 Å². The molecule has 0 spiro atoms. The van der Waals surface area contributed by atoms with Gasteiger partial charge < -0.3 is 25.6 Å². The predicted molar refractivity (Wildman–Crippen MR) is 171 cm³/mol. The average Bonchev–Trinajstić information content (AvgIpc) is 3.60. The van der Waals surface area contributed by atoms with Gasteiger partial charge in [-0.3, -0.25) is 14.9 Å². The number of carboxylic acid groups (broad SMARTS) is 1. The molecule has 16 heteroatoms. The van der Waals surface area contributed by atoms with E-state index in [1.165, 1.54) is 13.5 Å². The highest BCUT2D eigenvalue weighted by atomic mass is 19.4. The van der Waals surface area contributed by atoms with Gasteiger partial charge in [-0.05, 0) is 53.8 Å². The van der Waals surface area contributed by atoms with Gasteiger partial charge in [0.05, 0.1) is 32.4 Å². The number of aliphatic carboxylic acids is 1. The number of benzene rings is 2. The number of hydrogen-bond acceptors (Lipinski definition) is 9. The van der Waals surface area contributed by atoms with Gasteiger partial charge in [-0.15, -0.1) is 5.10 Å². The quantitative estimate of drug-likeness (QED) is 0.196. The highest BCUT2D eigenvalue weighted by Gasteiger charge is 2.38. The molecule has 48 heavy (non-hydrogen) atoms. The largest absolute Gasteiger partial charge is 0.493 e. The Morgan fingerprint density at radius 3 is 2.35 bits per heavy atom. The Bertz CT molecular complexity index is 1520. The van der Waals surface area contributed by atoms with Crippen LogP contribution in [0, 0.1) is 5.92 Å². The molecule has 1 fully saturated rings. The van der Waals surface area contributed by atoms with Crippen LogP contribution in [0.3, 0.4) is 0 Å². The monoisotopic (exact) mass is 675 g/mol. The van der Waals surface area contributed by atoms with Crippen LogP contribution >= 0.6 is 0 Å². The summed E-state index contributed by atoms with van der Waals surface area (Å²) in [6, 6.07) is 12.1. The van der Waals surface area contributed by atoms with Gasteiger partial charge in [0.2, 0.25) is 11.8 Å². The van der Waals surface area contributed by atoms with Crippen LogP contribution in [-0.4, -0.2) is 67.5 Å². The van der Waals surface area contributed by atoms with E-state index in [1.54, 1.807) is 25.3 Å². The van der Waals surface area contributed by atoms with Crippen LogP contribution < -0.4 is 25.8 Å². The molecule has 2 atom stereocenters. The zero-order chi connectivity index (χ0) is 35.3. The minimum Gasteiger partial charge on any atom is -0.493 e. The topological polar surface area (TPSA) is 189 Å². The highest BCUT2D eigenvalue weighted by molar-refractivity contribution is 6.02. The Kier molecular flexibility index (Phi) is 13.9. The van der Waals surface area contributed by atoms with Crippen LogP contribution in [0.5, 0.6) is 11.5 Å². The molecule has 0 unspecified atom stereocenters. The standard InChI is InChI=1S/C30H39N7O4.C2HF3O2/c1-19(22-10-7-11-23(17-22)25-18-32-37-36-25)33-29(39)24(14-20-8-5-4-6-9-20)34-30(31)35-28(38)16-21-12-13-26(40-2)27(15-21)41-3;3-2(4,5)1(6)7/h7,10-13,15,17,19-20,24H,4-6,8-9,14,16,18H2,1-3H3,(H,33,39)(H3,31,34,35,38);(H,6,7)/t19-,24+;/m0./s1. The number of carbonyl (C=O) groups is 3. The van der Waals surface area contributed by atoms with E-state index in [0.717, 1.165) is 48.1 Å². The van der Waals surface area contributed by atoms with Gasteiger partial charge in [0, 0.05) is 5.56 Å². The first kappa shape index (κ1) is 37.4. The van der Waals surface area contributed by atoms with E-state index in [9.17, 15) is 22.8 Å². The van der Waals surface area contributed by atoms with Crippen molar-refractivity contribution in [2.45, 2.75) is 70.1 Å². The molecule has 1 aliphatic carbocycles. The molecule has 1 heterocycles. The van der Waals surface area contributed by atoms with Crippen LogP contribution in [-0.2, 0) is 20.8 Å². The summed E-state index contributed by atoms with van der Waals surface area (Å²) in [7, 11) is 3.09. The van der Waals surface area contributed by atoms with E-state index in [4.69, 9.17) is 25.1 Å². The molecule has 0 aromatic heterocycles. The molecule has 0 bridgehead atoms. The lowest BCUT2D eigenvalue weighted by atomic mass is 9.84. The lowest BCUT2D eigenvalue weighted by Gasteiger charge is -2.25. The third-order valence-electron chi connectivity index (χ3n) is 7.73. The van der Waals surface area contributed by atoms with Crippen molar-refractivity contribution in [1.29, 1.82) is 0 Å². The van der Waals surface area contributed by atoms with Crippen molar-refractivity contribution in [1.82, 2.24) is 10.6 Å². The van der Waals surface area contributed by atoms with E-state index >= 15 is 0 Å². The number of guanidine groups is 1. The van der Waals surface area contributed by atoms with Gasteiger partial charge in [-0.1, -0.05) is 56.4 Å². The van der Waals surface area contributed by atoms with Crippen molar-refractivity contribution in [2.75, 3.05) is 20.8 Å². The molecule has 13 nitrogen and oxygen atoms in total. The fraction of sp³-hybridized carbons (Fsp3) is 0.469. The fourth-order valence-electron chi connectivity index (χ4n) is 5.27. The molecule has 1 aliphatic heterocycles. The van der Waals surface area contributed by atoms with Crippen molar-refractivity contribution in [3.63, 3.8) is 0 Å². The number of nitrogens with zero attached hydrogens (tertiary/aromatic N) is 4. The SMILES string of the molecule is COc1ccc(CC(=O)NC(N)=N[C@H](CC2CCCCC2)C(=O)N[C@@H](C)c2cccc(C3=NN=NC3)c2)cc1OC.O=C(O)C(F)(F)F. The van der Waals surface area contributed by atoms with Crippen molar-refractivity contribution in [3.05, 3.63) is 59.2 Å². The molecule has 260 valence electrons. The minimum absolute atomic E-state index is 0.0648. The predicted octanol–water partition coefficient (Wildman–Crippen LogP) is 4.70. The zero-order valence-corrected chi connectivity index (χ0v) is 26.9. The number of rotatable bonds is 11. The zero-order valence-electron chi connectivity index (χ0n) is 26.9. The second-order valence-electron chi connectivity index (χ2n) is 11.3. The third kappa shape index (κ3) is 11.7. The number of hydrogen-bond donors (Lipinski definition) is 4. The van der Waals surface area contributed by atoms with E-state index in [-0.39, 0.29) is 30.2 Å². The average molecular weight is 676 g/mol. The summed E-state index contributed by atoms with van der Waals surface area (Å²) in [5.74, 6) is -1.91. The second kappa shape index (κ2) is 17.8. The van der Waals surface area contributed by atoms with Crippen LogP contribution in [0.1, 0.15) is 68.2 Å². The lowest BCUT2D eigenvalue weighted by molar-refractivity contribution is -0.192. The van der Waals surface area contributed by atoms with Gasteiger partial charge in [0.1, 0.15) is 12.6 Å². The number of nitrogens with two attached hydrogens (primary N) is 1. The number of amides is 2. The molecule has 1 saturated carbocycles. The number of halogens is 3. The smallest absolute Gasteiger partial charge is 0.490 e. The number of carbonyl (C=O) groups excluding carboxylic acids is 2. The van der Waals surface area contributed by atoms with Crippen molar-refractivity contribution < 1.29 is 42.1 Å². The first-order chi connectivity index (χ1) is 22.8. The molecule has 0 saturated heterocycles. The van der Waals surface area contributed by atoms with E-state index < -0.39 is 18.2 Å². The second-order valence-corrected chi connectivity index (χ2v) is 11.3. The highest BCUT2D eigenvalue weighted by Crippen LogP contribution is 2.29. The maximum Gasteiger partial charge on any atom is 0.490 e. The van der Waals surface area contributed by atoms with Gasteiger partial charge in [0.25, 0.3) is 0 Å². The van der Waals surface area contributed by atoms with E-state index in [0.29, 0.717) is 30.4 Å². The Morgan fingerprint density at radius 1 is 1.06 bits per heavy atom. The molecular weight excluding hydrogens is 635 g/mol. The Morgan fingerprint density at radius 2 is 1.75 bits per heavy atom. The number of alkyl halides is 3. The summed E-state index contributed by atoms with van der Waals surface area (Å²) in [4.78, 5) is 39.7. The Balaban J connectivity index is 0.000000804. The number of methoxy groups -OCH3 is 2. The molecule has 2 amide bonds. The summed E-state index contributed by atoms with van der Waals surface area (Å²) < 4.78 is 42.3. The number of aliphatic imine (C=N–C) groups is 1.